The molecule has 2 heterocycles. The predicted octanol–water partition coefficient (Wildman–Crippen LogP) is 3.75. The van der Waals surface area contributed by atoms with E-state index in [0.717, 1.165) is 35.6 Å². The van der Waals surface area contributed by atoms with E-state index in [4.69, 9.17) is 0 Å². The summed E-state index contributed by atoms with van der Waals surface area (Å²) in [7, 11) is 0. The minimum absolute atomic E-state index is 0.256. The Morgan fingerprint density at radius 1 is 1.33 bits per heavy atom. The summed E-state index contributed by atoms with van der Waals surface area (Å²) in [4.78, 5) is 21.5. The third kappa shape index (κ3) is 4.37. The van der Waals surface area contributed by atoms with E-state index in [0.29, 0.717) is 24.0 Å². The molecule has 8 heteroatoms. The molecule has 0 spiro atoms. The van der Waals surface area contributed by atoms with Crippen LogP contribution in [0.25, 0.3) is 17.1 Å². The van der Waals surface area contributed by atoms with Crippen molar-refractivity contribution >= 4 is 23.0 Å². The van der Waals surface area contributed by atoms with Crippen molar-refractivity contribution in [2.75, 3.05) is 11.9 Å². The molecule has 3 aromatic rings. The first kappa shape index (κ1) is 19.8. The number of benzene rings is 1. The van der Waals surface area contributed by atoms with Crippen LogP contribution in [-0.4, -0.2) is 42.5 Å². The van der Waals surface area contributed by atoms with Gasteiger partial charge in [0.05, 0.1) is 12.0 Å². The molecule has 4 rings (SSSR count). The van der Waals surface area contributed by atoms with Crippen LogP contribution in [0, 0.1) is 6.92 Å². The maximum Gasteiger partial charge on any atom is 0.273 e. The van der Waals surface area contributed by atoms with Gasteiger partial charge in [-0.3, -0.25) is 9.79 Å². The molecule has 0 unspecified atom stereocenters. The number of anilines is 1. The van der Waals surface area contributed by atoms with E-state index in [1.165, 1.54) is 0 Å². The second kappa shape index (κ2) is 8.44. The highest BCUT2D eigenvalue weighted by Gasteiger charge is 2.26. The lowest BCUT2D eigenvalue weighted by molar-refractivity contribution is -0.110. The molecule has 1 N–H and O–H groups in total. The Morgan fingerprint density at radius 3 is 2.87 bits per heavy atom. The number of allylic oxidation sites excluding steroid dienone is 1. The van der Waals surface area contributed by atoms with Crippen LogP contribution in [0.3, 0.4) is 0 Å². The Morgan fingerprint density at radius 2 is 2.17 bits per heavy atom. The van der Waals surface area contributed by atoms with Gasteiger partial charge < -0.3 is 14.5 Å². The fourth-order valence-electron chi connectivity index (χ4n) is 3.24. The number of hydrogen-bond donors (Lipinski definition) is 1. The van der Waals surface area contributed by atoms with Crippen molar-refractivity contribution in [3.63, 3.8) is 0 Å². The molecule has 0 atom stereocenters. The lowest BCUT2D eigenvalue weighted by atomic mass is 10.1. The Kier molecular flexibility index (Phi) is 5.56. The van der Waals surface area contributed by atoms with E-state index in [2.05, 4.69) is 30.1 Å². The van der Waals surface area contributed by atoms with E-state index in [9.17, 15) is 4.79 Å². The number of aryl methyl sites for hydroxylation is 1. The summed E-state index contributed by atoms with van der Waals surface area (Å²) in [6, 6.07) is 8.14. The SMILES string of the molecule is CCN=C(/C=C(\C)n1cnc(C)c1)C(=O)Nc1cccc(-c2nncn2C2CC2)c1. The third-order valence-electron chi connectivity index (χ3n) is 4.92. The standard InChI is InChI=1S/C22H25N7O/c1-4-23-20(10-16(3)28-12-15(2)24-13-28)22(30)26-18-7-5-6-17(11-18)21-27-25-14-29(21)19-8-9-19/h5-7,10-14,19H,4,8-9H2,1-3H3,(H,26,30)/b16-10+,23-20?. The second-order valence-corrected chi connectivity index (χ2v) is 7.40. The quantitative estimate of drug-likeness (QED) is 0.609. The van der Waals surface area contributed by atoms with E-state index in [1.807, 2.05) is 55.8 Å². The smallest absolute Gasteiger partial charge is 0.273 e. The van der Waals surface area contributed by atoms with Crippen LogP contribution in [0.2, 0.25) is 0 Å². The van der Waals surface area contributed by atoms with Crippen molar-refractivity contribution in [3.05, 3.63) is 54.9 Å². The molecule has 0 bridgehead atoms. The van der Waals surface area contributed by atoms with Gasteiger partial charge in [0.25, 0.3) is 5.91 Å². The second-order valence-electron chi connectivity index (χ2n) is 7.40. The van der Waals surface area contributed by atoms with Gasteiger partial charge in [0, 0.05) is 35.7 Å². The summed E-state index contributed by atoms with van der Waals surface area (Å²) in [5.74, 6) is 0.566. The maximum absolute atomic E-state index is 12.9. The number of aromatic nitrogens is 5. The zero-order chi connectivity index (χ0) is 21.1. The van der Waals surface area contributed by atoms with Crippen molar-refractivity contribution < 1.29 is 4.79 Å². The van der Waals surface area contributed by atoms with Crippen LogP contribution in [0.1, 0.15) is 38.4 Å². The summed E-state index contributed by atoms with van der Waals surface area (Å²) in [6.07, 6.45) is 9.49. The van der Waals surface area contributed by atoms with Gasteiger partial charge in [0.2, 0.25) is 0 Å². The van der Waals surface area contributed by atoms with Crippen LogP contribution in [0.15, 0.2) is 54.2 Å². The molecule has 1 aliphatic carbocycles. The van der Waals surface area contributed by atoms with E-state index in [-0.39, 0.29) is 5.91 Å². The van der Waals surface area contributed by atoms with Gasteiger partial charge in [-0.05, 0) is 51.8 Å². The number of carbonyl (C=O) groups is 1. The lowest BCUT2D eigenvalue weighted by Gasteiger charge is -2.09. The van der Waals surface area contributed by atoms with Gasteiger partial charge in [-0.1, -0.05) is 12.1 Å². The predicted molar refractivity (Wildman–Crippen MR) is 117 cm³/mol. The zero-order valence-corrected chi connectivity index (χ0v) is 17.4. The van der Waals surface area contributed by atoms with Gasteiger partial charge in [-0.15, -0.1) is 10.2 Å². The Hall–Kier alpha value is -3.55. The normalized spacial score (nSPS) is 14.8. The highest BCUT2D eigenvalue weighted by Crippen LogP contribution is 2.37. The summed E-state index contributed by atoms with van der Waals surface area (Å²) >= 11 is 0. The zero-order valence-electron chi connectivity index (χ0n) is 17.4. The number of nitrogens with one attached hydrogen (secondary N) is 1. The number of nitrogens with zero attached hydrogens (tertiary/aromatic N) is 6. The molecule has 1 saturated carbocycles. The molecule has 30 heavy (non-hydrogen) atoms. The molecule has 1 aromatic carbocycles. The first-order valence-electron chi connectivity index (χ1n) is 10.1. The lowest BCUT2D eigenvalue weighted by Crippen LogP contribution is -2.22. The number of imidazole rings is 1. The topological polar surface area (TPSA) is 90.0 Å². The van der Waals surface area contributed by atoms with Gasteiger partial charge in [-0.2, -0.15) is 0 Å². The first-order chi connectivity index (χ1) is 14.5. The summed E-state index contributed by atoms with van der Waals surface area (Å²) in [6.45, 7) is 6.27. The molecule has 0 saturated heterocycles. The molecular formula is C22H25N7O. The average molecular weight is 403 g/mol. The van der Waals surface area contributed by atoms with Crippen molar-refractivity contribution in [3.8, 4) is 11.4 Å². The van der Waals surface area contributed by atoms with Gasteiger partial charge in [0.1, 0.15) is 12.0 Å². The number of carbonyl (C=O) groups excluding carboxylic acids is 1. The molecule has 154 valence electrons. The molecular weight excluding hydrogens is 378 g/mol. The van der Waals surface area contributed by atoms with Crippen molar-refractivity contribution in [1.82, 2.24) is 24.3 Å². The fourth-order valence-corrected chi connectivity index (χ4v) is 3.24. The van der Waals surface area contributed by atoms with Crippen LogP contribution in [0.4, 0.5) is 5.69 Å². The van der Waals surface area contributed by atoms with E-state index < -0.39 is 0 Å². The Labute approximate surface area is 175 Å². The highest BCUT2D eigenvalue weighted by molar-refractivity contribution is 6.47. The van der Waals surface area contributed by atoms with E-state index >= 15 is 0 Å². The van der Waals surface area contributed by atoms with Crippen LogP contribution in [0.5, 0.6) is 0 Å². The largest absolute Gasteiger partial charge is 0.321 e. The molecule has 1 fully saturated rings. The van der Waals surface area contributed by atoms with Crippen LogP contribution >= 0.6 is 0 Å². The van der Waals surface area contributed by atoms with Gasteiger partial charge >= 0.3 is 0 Å². The Bertz CT molecular complexity index is 1120. The molecule has 1 aliphatic rings. The number of hydrogen-bond acceptors (Lipinski definition) is 5. The monoisotopic (exact) mass is 403 g/mol. The minimum atomic E-state index is -0.256. The fraction of sp³-hybridized carbons (Fsp3) is 0.318. The average Bonchev–Trinajstić information content (AvgIpc) is 3.29. The number of amides is 1. The highest BCUT2D eigenvalue weighted by atomic mass is 16.1. The maximum atomic E-state index is 12.9. The van der Waals surface area contributed by atoms with Gasteiger partial charge in [-0.25, -0.2) is 4.98 Å². The van der Waals surface area contributed by atoms with Crippen LogP contribution < -0.4 is 5.32 Å². The molecule has 2 aromatic heterocycles. The molecule has 0 aliphatic heterocycles. The number of aliphatic imine (C=N–C) groups is 1. The molecule has 8 nitrogen and oxygen atoms in total. The first-order valence-corrected chi connectivity index (χ1v) is 10.1. The van der Waals surface area contributed by atoms with Crippen molar-refractivity contribution in [2.45, 2.75) is 39.7 Å². The molecule has 1 amide bonds. The van der Waals surface area contributed by atoms with Crippen molar-refractivity contribution in [1.29, 1.82) is 0 Å². The van der Waals surface area contributed by atoms with Crippen molar-refractivity contribution in [2.24, 2.45) is 4.99 Å². The summed E-state index contributed by atoms with van der Waals surface area (Å²) < 4.78 is 3.98. The van der Waals surface area contributed by atoms with Gasteiger partial charge in [0.15, 0.2) is 5.82 Å². The van der Waals surface area contributed by atoms with E-state index in [1.54, 1.807) is 18.7 Å². The van der Waals surface area contributed by atoms with Crippen LogP contribution in [-0.2, 0) is 4.79 Å². The molecule has 0 radical (unpaired) electrons. The summed E-state index contributed by atoms with van der Waals surface area (Å²) in [5.41, 5.74) is 3.76. The minimum Gasteiger partial charge on any atom is -0.321 e. The third-order valence-corrected chi connectivity index (χ3v) is 4.92. The number of rotatable bonds is 7. The summed E-state index contributed by atoms with van der Waals surface area (Å²) in [5, 5.41) is 11.3. The Balaban J connectivity index is 1.54.